The smallest absolute Gasteiger partial charge is 0.295 e. The van der Waals surface area contributed by atoms with Crippen LogP contribution in [-0.2, 0) is 0 Å². The highest BCUT2D eigenvalue weighted by Gasteiger charge is 2.16. The first-order valence-corrected chi connectivity index (χ1v) is 7.09. The molecule has 102 valence electrons. The van der Waals surface area contributed by atoms with E-state index in [1.807, 2.05) is 24.3 Å². The van der Waals surface area contributed by atoms with Crippen LogP contribution in [0.15, 0.2) is 28.7 Å². The number of hydrogen-bond acceptors (Lipinski definition) is 4. The molecule has 0 atom stereocenters. The van der Waals surface area contributed by atoms with Gasteiger partial charge < -0.3 is 14.6 Å². The molecule has 0 amide bonds. The summed E-state index contributed by atoms with van der Waals surface area (Å²) in [6.45, 7) is 3.41. The molecular weight excluding hydrogens is 238 g/mol. The zero-order valence-electron chi connectivity index (χ0n) is 11.4. The quantitative estimate of drug-likeness (QED) is 0.916. The average Bonchev–Trinajstić information content (AvgIpc) is 2.83. The minimum atomic E-state index is 0.647. The van der Waals surface area contributed by atoms with E-state index in [9.17, 15) is 0 Å². The molecule has 1 aliphatic heterocycles. The number of likely N-dealkylation sites (tertiary alicyclic amines) is 1. The first-order chi connectivity index (χ1) is 9.31. The van der Waals surface area contributed by atoms with Crippen molar-refractivity contribution in [1.82, 2.24) is 9.88 Å². The van der Waals surface area contributed by atoms with Crippen LogP contribution in [0.1, 0.15) is 19.3 Å². The molecule has 0 unspecified atom stereocenters. The summed E-state index contributed by atoms with van der Waals surface area (Å²) in [5.41, 5.74) is 1.77. The van der Waals surface area contributed by atoms with Gasteiger partial charge in [0.25, 0.3) is 6.01 Å². The molecule has 4 nitrogen and oxygen atoms in total. The number of fused-ring (bicyclic) bond motifs is 1. The molecule has 1 aromatic carbocycles. The first-order valence-electron chi connectivity index (χ1n) is 7.09. The molecule has 1 aromatic heterocycles. The maximum absolute atomic E-state index is 5.64. The van der Waals surface area contributed by atoms with Crippen molar-refractivity contribution in [2.24, 2.45) is 5.92 Å². The number of nitrogens with one attached hydrogen (secondary N) is 1. The Kier molecular flexibility index (Phi) is 3.69. The monoisotopic (exact) mass is 259 g/mol. The zero-order chi connectivity index (χ0) is 13.1. The lowest BCUT2D eigenvalue weighted by Gasteiger charge is -2.28. The number of anilines is 1. The van der Waals surface area contributed by atoms with Gasteiger partial charge in [-0.1, -0.05) is 12.1 Å². The van der Waals surface area contributed by atoms with Gasteiger partial charge in [0, 0.05) is 6.54 Å². The van der Waals surface area contributed by atoms with Crippen LogP contribution in [0.3, 0.4) is 0 Å². The maximum Gasteiger partial charge on any atom is 0.295 e. The minimum Gasteiger partial charge on any atom is -0.424 e. The van der Waals surface area contributed by atoms with Crippen molar-refractivity contribution >= 4 is 17.1 Å². The Hall–Kier alpha value is -1.55. The van der Waals surface area contributed by atoms with E-state index in [0.29, 0.717) is 6.01 Å². The second-order valence-corrected chi connectivity index (χ2v) is 5.45. The summed E-state index contributed by atoms with van der Waals surface area (Å²) in [5, 5.41) is 3.30. The molecule has 0 aliphatic carbocycles. The second kappa shape index (κ2) is 5.61. The van der Waals surface area contributed by atoms with Crippen molar-refractivity contribution in [1.29, 1.82) is 0 Å². The van der Waals surface area contributed by atoms with Gasteiger partial charge in [0.05, 0.1) is 0 Å². The number of rotatable bonds is 4. The molecule has 1 fully saturated rings. The zero-order valence-corrected chi connectivity index (χ0v) is 11.4. The van der Waals surface area contributed by atoms with Crippen LogP contribution in [0.4, 0.5) is 6.01 Å². The lowest BCUT2D eigenvalue weighted by Crippen LogP contribution is -2.30. The van der Waals surface area contributed by atoms with Gasteiger partial charge in [0.15, 0.2) is 5.58 Å². The molecule has 1 aliphatic rings. The van der Waals surface area contributed by atoms with Crippen molar-refractivity contribution in [2.75, 3.05) is 32.0 Å². The molecule has 4 heteroatoms. The van der Waals surface area contributed by atoms with Gasteiger partial charge in [-0.2, -0.15) is 4.98 Å². The molecule has 2 heterocycles. The summed E-state index contributed by atoms with van der Waals surface area (Å²) < 4.78 is 5.64. The number of piperidine rings is 1. The molecular formula is C15H21N3O. The number of benzene rings is 1. The predicted molar refractivity (Wildman–Crippen MR) is 77.3 cm³/mol. The van der Waals surface area contributed by atoms with Crippen molar-refractivity contribution in [3.8, 4) is 0 Å². The highest BCUT2D eigenvalue weighted by Crippen LogP contribution is 2.21. The normalized spacial score (nSPS) is 17.9. The number of nitrogens with zero attached hydrogens (tertiary/aromatic N) is 2. The van der Waals surface area contributed by atoms with Gasteiger partial charge in [-0.05, 0) is 57.5 Å². The standard InChI is InChI=1S/C15H21N3O/c1-18-10-7-12(8-11-18)6-9-16-15-17-13-4-2-3-5-14(13)19-15/h2-5,12H,6-11H2,1H3,(H,16,17). The van der Waals surface area contributed by atoms with Crippen LogP contribution >= 0.6 is 0 Å². The van der Waals surface area contributed by atoms with Gasteiger partial charge >= 0.3 is 0 Å². The Morgan fingerprint density at radius 1 is 1.32 bits per heavy atom. The number of aromatic nitrogens is 1. The topological polar surface area (TPSA) is 41.3 Å². The third-order valence-corrected chi connectivity index (χ3v) is 3.96. The van der Waals surface area contributed by atoms with Crippen LogP contribution in [0.2, 0.25) is 0 Å². The number of hydrogen-bond donors (Lipinski definition) is 1. The SMILES string of the molecule is CN1CCC(CCNc2nc3ccccc3o2)CC1. The van der Waals surface area contributed by atoms with Gasteiger partial charge in [-0.15, -0.1) is 0 Å². The summed E-state index contributed by atoms with van der Waals surface area (Å²) in [5.74, 6) is 0.841. The van der Waals surface area contributed by atoms with Crippen molar-refractivity contribution < 1.29 is 4.42 Å². The van der Waals surface area contributed by atoms with E-state index < -0.39 is 0 Å². The fraction of sp³-hybridized carbons (Fsp3) is 0.533. The summed E-state index contributed by atoms with van der Waals surface area (Å²) in [6, 6.07) is 8.52. The highest BCUT2D eigenvalue weighted by molar-refractivity contribution is 5.74. The van der Waals surface area contributed by atoms with E-state index in [1.54, 1.807) is 0 Å². The van der Waals surface area contributed by atoms with Gasteiger partial charge in [0.1, 0.15) is 5.52 Å². The first kappa shape index (κ1) is 12.5. The van der Waals surface area contributed by atoms with Crippen LogP contribution in [0.25, 0.3) is 11.1 Å². The Morgan fingerprint density at radius 2 is 2.11 bits per heavy atom. The molecule has 1 saturated heterocycles. The molecule has 0 radical (unpaired) electrons. The van der Waals surface area contributed by atoms with Gasteiger partial charge in [-0.25, -0.2) is 0 Å². The molecule has 0 bridgehead atoms. The fourth-order valence-corrected chi connectivity index (χ4v) is 2.68. The Labute approximate surface area is 113 Å². The Bertz CT molecular complexity index is 496. The lowest BCUT2D eigenvalue weighted by atomic mass is 9.94. The highest BCUT2D eigenvalue weighted by atomic mass is 16.4. The molecule has 3 rings (SSSR count). The van der Waals surface area contributed by atoms with Gasteiger partial charge in [0.2, 0.25) is 0 Å². The summed E-state index contributed by atoms with van der Waals surface area (Å²) in [6.07, 6.45) is 3.82. The fourth-order valence-electron chi connectivity index (χ4n) is 2.68. The molecule has 2 aromatic rings. The lowest BCUT2D eigenvalue weighted by molar-refractivity contribution is 0.215. The third kappa shape index (κ3) is 3.07. The minimum absolute atomic E-state index is 0.647. The Balaban J connectivity index is 1.49. The van der Waals surface area contributed by atoms with E-state index in [4.69, 9.17) is 4.42 Å². The summed E-state index contributed by atoms with van der Waals surface area (Å²) in [4.78, 5) is 6.83. The van der Waals surface area contributed by atoms with Crippen molar-refractivity contribution in [3.63, 3.8) is 0 Å². The van der Waals surface area contributed by atoms with Crippen molar-refractivity contribution in [2.45, 2.75) is 19.3 Å². The van der Waals surface area contributed by atoms with Crippen LogP contribution in [0.5, 0.6) is 0 Å². The van der Waals surface area contributed by atoms with E-state index >= 15 is 0 Å². The van der Waals surface area contributed by atoms with Gasteiger partial charge in [-0.3, -0.25) is 0 Å². The van der Waals surface area contributed by atoms with Crippen molar-refractivity contribution in [3.05, 3.63) is 24.3 Å². The van der Waals surface area contributed by atoms with E-state index in [2.05, 4.69) is 22.2 Å². The van der Waals surface area contributed by atoms with E-state index in [1.165, 1.54) is 32.4 Å². The molecule has 1 N–H and O–H groups in total. The second-order valence-electron chi connectivity index (χ2n) is 5.45. The largest absolute Gasteiger partial charge is 0.424 e. The Morgan fingerprint density at radius 3 is 2.89 bits per heavy atom. The number of oxazole rings is 1. The molecule has 0 saturated carbocycles. The molecule has 0 spiro atoms. The van der Waals surface area contributed by atoms with E-state index in [0.717, 1.165) is 23.6 Å². The third-order valence-electron chi connectivity index (χ3n) is 3.96. The predicted octanol–water partition coefficient (Wildman–Crippen LogP) is 2.97. The van der Waals surface area contributed by atoms with Crippen LogP contribution < -0.4 is 5.32 Å². The average molecular weight is 259 g/mol. The molecule has 19 heavy (non-hydrogen) atoms. The summed E-state index contributed by atoms with van der Waals surface area (Å²) >= 11 is 0. The van der Waals surface area contributed by atoms with E-state index in [-0.39, 0.29) is 0 Å². The van der Waals surface area contributed by atoms with Crippen LogP contribution in [-0.4, -0.2) is 36.6 Å². The summed E-state index contributed by atoms with van der Waals surface area (Å²) in [7, 11) is 2.20. The van der Waals surface area contributed by atoms with Crippen LogP contribution in [0, 0.1) is 5.92 Å². The number of para-hydroxylation sites is 2. The maximum atomic E-state index is 5.64.